The van der Waals surface area contributed by atoms with E-state index in [1.165, 1.54) is 0 Å². The summed E-state index contributed by atoms with van der Waals surface area (Å²) in [5.74, 6) is 1.70. The van der Waals surface area contributed by atoms with Crippen LogP contribution in [0.1, 0.15) is 52.7 Å². The summed E-state index contributed by atoms with van der Waals surface area (Å²) in [6.45, 7) is 10.1. The van der Waals surface area contributed by atoms with Gasteiger partial charge >= 0.3 is 6.16 Å². The molecular weight excluding hydrogens is 474 g/mol. The molecular formula is C23H29Cl2O6P. The second-order valence-electron chi connectivity index (χ2n) is 9.26. The molecule has 0 saturated carbocycles. The minimum atomic E-state index is -1.81. The lowest BCUT2D eigenvalue weighted by Gasteiger charge is -2.28. The van der Waals surface area contributed by atoms with Crippen LogP contribution in [0, 0.1) is 0 Å². The molecule has 0 atom stereocenters. The molecule has 0 unspecified atom stereocenters. The van der Waals surface area contributed by atoms with Crippen LogP contribution in [0.4, 0.5) is 4.79 Å². The van der Waals surface area contributed by atoms with Gasteiger partial charge in [-0.1, -0.05) is 41.5 Å². The number of hydrogen-bond donors (Lipinski definition) is 1. The first-order valence-electron chi connectivity index (χ1n) is 9.84. The van der Waals surface area contributed by atoms with E-state index in [-0.39, 0.29) is 11.2 Å². The second-order valence-corrected chi connectivity index (χ2v) is 12.2. The number of hydrogen-bond acceptors (Lipinski definition) is 5. The molecule has 32 heavy (non-hydrogen) atoms. The SMILES string of the molecule is COc1cc(-c2cc(OC)cc(C(C)(C)C)c2OP(Cl)Cl)c(OC(=O)O)c(C(C)(C)C)c1. The Morgan fingerprint density at radius 3 is 1.56 bits per heavy atom. The standard InChI is InChI=1S/C23H29Cl2O6P/c1-22(2,3)17-11-13(28-7)9-15(19(17)30-21(26)27)16-10-14(29-8)12-18(23(4,5)6)20(16)31-32(24)25/h9-12H,1-8H3,(H,26,27). The fourth-order valence-electron chi connectivity index (χ4n) is 3.32. The van der Waals surface area contributed by atoms with E-state index in [9.17, 15) is 9.90 Å². The number of benzene rings is 2. The van der Waals surface area contributed by atoms with Crippen LogP contribution < -0.4 is 18.7 Å². The van der Waals surface area contributed by atoms with Crippen molar-refractivity contribution in [2.24, 2.45) is 0 Å². The Bertz CT molecular complexity index is 993. The van der Waals surface area contributed by atoms with Crippen LogP contribution >= 0.6 is 29.3 Å². The molecule has 0 aromatic heterocycles. The molecule has 2 aromatic carbocycles. The summed E-state index contributed by atoms with van der Waals surface area (Å²) >= 11 is 12.2. The highest BCUT2D eigenvalue weighted by atomic mass is 35.9. The molecule has 0 fully saturated rings. The van der Waals surface area contributed by atoms with Gasteiger partial charge in [-0.3, -0.25) is 0 Å². The highest BCUT2D eigenvalue weighted by Gasteiger charge is 2.30. The minimum absolute atomic E-state index is 0.178. The molecule has 0 radical (unpaired) electrons. The van der Waals surface area contributed by atoms with Crippen LogP contribution in [-0.4, -0.2) is 25.5 Å². The fourth-order valence-corrected chi connectivity index (χ4v) is 4.07. The maximum Gasteiger partial charge on any atom is 0.511 e. The van der Waals surface area contributed by atoms with Crippen molar-refractivity contribution in [2.45, 2.75) is 52.4 Å². The molecule has 0 aliphatic rings. The first-order valence-corrected chi connectivity index (χ1v) is 12.9. The van der Waals surface area contributed by atoms with Crippen LogP contribution in [-0.2, 0) is 10.8 Å². The zero-order valence-electron chi connectivity index (χ0n) is 19.5. The zero-order chi connectivity index (χ0) is 24.4. The molecule has 0 spiro atoms. The van der Waals surface area contributed by atoms with Gasteiger partial charge in [-0.15, -0.1) is 0 Å². The van der Waals surface area contributed by atoms with Crippen molar-refractivity contribution in [3.05, 3.63) is 35.4 Å². The van der Waals surface area contributed by atoms with Gasteiger partial charge in [0.2, 0.25) is 0 Å². The summed E-state index contributed by atoms with van der Waals surface area (Å²) in [5, 5.41) is 9.51. The van der Waals surface area contributed by atoms with Crippen LogP contribution in [0.3, 0.4) is 0 Å². The Morgan fingerprint density at radius 2 is 1.22 bits per heavy atom. The molecule has 176 valence electrons. The van der Waals surface area contributed by atoms with Gasteiger partial charge in [-0.2, -0.15) is 0 Å². The molecule has 2 aromatic rings. The van der Waals surface area contributed by atoms with Gasteiger partial charge in [0.15, 0.2) is 0 Å². The Hall–Kier alpha value is -1.88. The van der Waals surface area contributed by atoms with Crippen molar-refractivity contribution in [1.29, 1.82) is 0 Å². The number of ether oxygens (including phenoxy) is 3. The van der Waals surface area contributed by atoms with Gasteiger partial charge in [-0.05, 0) is 57.6 Å². The molecule has 1 N–H and O–H groups in total. The Morgan fingerprint density at radius 1 is 0.812 bits per heavy atom. The monoisotopic (exact) mass is 502 g/mol. The number of methoxy groups -OCH3 is 2. The van der Waals surface area contributed by atoms with E-state index in [0.717, 1.165) is 5.56 Å². The van der Waals surface area contributed by atoms with Crippen LogP contribution in [0.25, 0.3) is 11.1 Å². The van der Waals surface area contributed by atoms with Gasteiger partial charge in [0.1, 0.15) is 23.0 Å². The Balaban J connectivity index is 3.07. The third kappa shape index (κ3) is 6.12. The van der Waals surface area contributed by atoms with Gasteiger partial charge in [0.05, 0.1) is 14.2 Å². The van der Waals surface area contributed by atoms with Crippen molar-refractivity contribution in [3.8, 4) is 34.1 Å². The molecule has 0 aliphatic carbocycles. The molecule has 0 bridgehead atoms. The number of rotatable bonds is 6. The van der Waals surface area contributed by atoms with Crippen LogP contribution in [0.5, 0.6) is 23.0 Å². The average molecular weight is 503 g/mol. The maximum atomic E-state index is 11.6. The van der Waals surface area contributed by atoms with E-state index in [4.69, 9.17) is 41.2 Å². The van der Waals surface area contributed by atoms with E-state index in [0.29, 0.717) is 33.9 Å². The summed E-state index contributed by atoms with van der Waals surface area (Å²) in [7, 11) is 3.10. The van der Waals surface area contributed by atoms with Crippen molar-refractivity contribution in [1.82, 2.24) is 0 Å². The van der Waals surface area contributed by atoms with Gasteiger partial charge in [0.25, 0.3) is 6.85 Å². The third-order valence-corrected chi connectivity index (χ3v) is 5.59. The fraction of sp³-hybridized carbons (Fsp3) is 0.435. The van der Waals surface area contributed by atoms with Crippen molar-refractivity contribution in [3.63, 3.8) is 0 Å². The molecule has 0 amide bonds. The van der Waals surface area contributed by atoms with E-state index in [2.05, 4.69) is 0 Å². The lowest BCUT2D eigenvalue weighted by molar-refractivity contribution is 0.143. The summed E-state index contributed by atoms with van der Waals surface area (Å²) < 4.78 is 22.3. The maximum absolute atomic E-state index is 11.6. The quantitative estimate of drug-likeness (QED) is 0.244. The number of carbonyl (C=O) groups is 1. The molecule has 6 nitrogen and oxygen atoms in total. The molecule has 0 heterocycles. The van der Waals surface area contributed by atoms with Gasteiger partial charge in [-0.25, -0.2) is 4.79 Å². The first kappa shape index (κ1) is 26.4. The smallest absolute Gasteiger partial charge is 0.497 e. The van der Waals surface area contributed by atoms with E-state index in [1.54, 1.807) is 32.4 Å². The molecule has 9 heteroatoms. The predicted molar refractivity (Wildman–Crippen MR) is 130 cm³/mol. The highest BCUT2D eigenvalue weighted by Crippen LogP contribution is 2.55. The Labute approximate surface area is 200 Å². The summed E-state index contributed by atoms with van der Waals surface area (Å²) in [4.78, 5) is 11.6. The molecule has 2 rings (SSSR count). The van der Waals surface area contributed by atoms with Gasteiger partial charge < -0.3 is 23.8 Å². The van der Waals surface area contributed by atoms with Crippen molar-refractivity contribution < 1.29 is 28.6 Å². The van der Waals surface area contributed by atoms with Crippen molar-refractivity contribution in [2.75, 3.05) is 14.2 Å². The highest BCUT2D eigenvalue weighted by molar-refractivity contribution is 8.00. The van der Waals surface area contributed by atoms with Crippen LogP contribution in [0.2, 0.25) is 0 Å². The van der Waals surface area contributed by atoms with E-state index in [1.807, 2.05) is 47.6 Å². The largest absolute Gasteiger partial charge is 0.511 e. The summed E-state index contributed by atoms with van der Waals surface area (Å²) in [6, 6.07) is 7.07. The summed E-state index contributed by atoms with van der Waals surface area (Å²) in [5.41, 5.74) is 1.62. The normalized spacial score (nSPS) is 12.0. The number of carboxylic acid groups (broad SMARTS) is 1. The second kappa shape index (κ2) is 9.94. The lowest BCUT2D eigenvalue weighted by Crippen LogP contribution is -2.17. The third-order valence-electron chi connectivity index (χ3n) is 4.85. The van der Waals surface area contributed by atoms with Crippen LogP contribution in [0.15, 0.2) is 24.3 Å². The first-order chi connectivity index (χ1) is 14.7. The van der Waals surface area contributed by atoms with Gasteiger partial charge in [0, 0.05) is 22.3 Å². The summed E-state index contributed by atoms with van der Waals surface area (Å²) in [6.07, 6.45) is -1.43. The Kier molecular flexibility index (Phi) is 8.20. The zero-order valence-corrected chi connectivity index (χ0v) is 21.9. The topological polar surface area (TPSA) is 74.2 Å². The lowest BCUT2D eigenvalue weighted by atomic mass is 9.81. The number of halogens is 2. The van der Waals surface area contributed by atoms with Crippen molar-refractivity contribution >= 4 is 35.5 Å². The predicted octanol–water partition coefficient (Wildman–Crippen LogP) is 8.11. The minimum Gasteiger partial charge on any atom is -0.497 e. The van der Waals surface area contributed by atoms with E-state index >= 15 is 0 Å². The molecule has 0 aliphatic heterocycles. The van der Waals surface area contributed by atoms with E-state index < -0.39 is 18.4 Å². The molecule has 0 saturated heterocycles. The average Bonchev–Trinajstić information content (AvgIpc) is 2.65.